The number of aromatic nitrogens is 2. The van der Waals surface area contributed by atoms with E-state index in [1.165, 1.54) is 10.5 Å². The molecular formula is C18H10N4O2. The largest absolute Gasteiger partial charge is 0.438 e. The Morgan fingerprint density at radius 3 is 2.50 bits per heavy atom. The maximum Gasteiger partial charge on any atom is 0.269 e. The first-order chi connectivity index (χ1) is 11.7. The molecule has 0 aliphatic rings. The van der Waals surface area contributed by atoms with E-state index < -0.39 is 5.56 Å². The number of benzene rings is 1. The van der Waals surface area contributed by atoms with Gasteiger partial charge in [-0.05, 0) is 30.3 Å². The number of ether oxygens (including phenoxy) is 1. The van der Waals surface area contributed by atoms with Crippen molar-refractivity contribution in [2.24, 2.45) is 0 Å². The summed E-state index contributed by atoms with van der Waals surface area (Å²) < 4.78 is 7.03. The fraction of sp³-hybridized carbons (Fsp3) is 0. The Balaban J connectivity index is 2.26. The number of hydrogen-bond donors (Lipinski definition) is 0. The number of nitrogens with zero attached hydrogens (tertiary/aromatic N) is 4. The molecule has 0 fully saturated rings. The van der Waals surface area contributed by atoms with Crippen LogP contribution in [0.4, 0.5) is 0 Å². The quantitative estimate of drug-likeness (QED) is 0.693. The third-order valence-electron chi connectivity index (χ3n) is 3.22. The minimum Gasteiger partial charge on any atom is -0.438 e. The first-order valence-electron chi connectivity index (χ1n) is 6.99. The first-order valence-corrected chi connectivity index (χ1v) is 6.99. The fourth-order valence-electron chi connectivity index (χ4n) is 2.12. The normalized spacial score (nSPS) is 9.75. The molecule has 0 N–H and O–H groups in total. The van der Waals surface area contributed by atoms with Gasteiger partial charge in [0, 0.05) is 6.20 Å². The second-order valence-corrected chi connectivity index (χ2v) is 4.76. The van der Waals surface area contributed by atoms with Gasteiger partial charge in [-0.2, -0.15) is 15.5 Å². The molecule has 2 aromatic heterocycles. The molecule has 0 unspecified atom stereocenters. The van der Waals surface area contributed by atoms with Crippen molar-refractivity contribution in [3.63, 3.8) is 0 Å². The van der Waals surface area contributed by atoms with Gasteiger partial charge >= 0.3 is 0 Å². The number of allylic oxidation sites excluding steroid dienone is 1. The first kappa shape index (κ1) is 15.0. The Bertz CT molecular complexity index is 1050. The highest BCUT2D eigenvalue weighted by atomic mass is 16.5. The monoisotopic (exact) mass is 314 g/mol. The van der Waals surface area contributed by atoms with Crippen LogP contribution in [0.1, 0.15) is 5.56 Å². The number of rotatable bonds is 3. The topological polar surface area (TPSA) is 91.2 Å². The molecule has 0 aliphatic carbocycles. The number of nitriles is 2. The van der Waals surface area contributed by atoms with E-state index in [0.717, 1.165) is 0 Å². The van der Waals surface area contributed by atoms with Crippen LogP contribution in [0.15, 0.2) is 65.1 Å². The van der Waals surface area contributed by atoms with E-state index in [4.69, 9.17) is 15.3 Å². The van der Waals surface area contributed by atoms with Crippen molar-refractivity contribution in [1.82, 2.24) is 9.38 Å². The van der Waals surface area contributed by atoms with Gasteiger partial charge in [0.05, 0.1) is 0 Å². The average Bonchev–Trinajstić information content (AvgIpc) is 2.63. The number of hydrogen-bond acceptors (Lipinski definition) is 5. The smallest absolute Gasteiger partial charge is 0.269 e. The van der Waals surface area contributed by atoms with Gasteiger partial charge < -0.3 is 4.74 Å². The van der Waals surface area contributed by atoms with Gasteiger partial charge in [-0.25, -0.2) is 0 Å². The summed E-state index contributed by atoms with van der Waals surface area (Å²) in [6, 6.07) is 17.4. The standard InChI is InChI=1S/C18H10N4O2/c19-11-13(12-20)10-15-17(24-14-6-2-1-3-7-14)21-16-8-4-5-9-22(16)18(15)23/h1-10H. The lowest BCUT2D eigenvalue weighted by molar-refractivity contribution is 0.461. The van der Waals surface area contributed by atoms with Crippen molar-refractivity contribution >= 4 is 11.7 Å². The number of pyridine rings is 1. The van der Waals surface area contributed by atoms with Crippen molar-refractivity contribution in [1.29, 1.82) is 10.5 Å². The lowest BCUT2D eigenvalue weighted by Gasteiger charge is -2.09. The highest BCUT2D eigenvalue weighted by Gasteiger charge is 2.14. The zero-order valence-corrected chi connectivity index (χ0v) is 12.4. The molecular weight excluding hydrogens is 304 g/mol. The van der Waals surface area contributed by atoms with Crippen LogP contribution >= 0.6 is 0 Å². The van der Waals surface area contributed by atoms with Crippen LogP contribution in [-0.4, -0.2) is 9.38 Å². The molecule has 0 radical (unpaired) electrons. The molecule has 0 amide bonds. The van der Waals surface area contributed by atoms with Crippen molar-refractivity contribution in [3.8, 4) is 23.8 Å². The minimum atomic E-state index is -0.422. The van der Waals surface area contributed by atoms with E-state index in [1.807, 2.05) is 6.07 Å². The zero-order valence-electron chi connectivity index (χ0n) is 12.4. The van der Waals surface area contributed by atoms with Crippen LogP contribution in [0.5, 0.6) is 11.6 Å². The molecule has 3 aromatic rings. The van der Waals surface area contributed by atoms with Crippen molar-refractivity contribution in [2.75, 3.05) is 0 Å². The van der Waals surface area contributed by atoms with Crippen molar-refractivity contribution < 1.29 is 4.74 Å². The molecule has 0 aliphatic heterocycles. The molecule has 3 rings (SSSR count). The third kappa shape index (κ3) is 2.85. The maximum absolute atomic E-state index is 12.7. The molecule has 24 heavy (non-hydrogen) atoms. The maximum atomic E-state index is 12.7. The molecule has 0 bridgehead atoms. The average molecular weight is 314 g/mol. The van der Waals surface area contributed by atoms with Gasteiger partial charge in [0.15, 0.2) is 0 Å². The fourth-order valence-corrected chi connectivity index (χ4v) is 2.12. The molecule has 6 nitrogen and oxygen atoms in total. The predicted molar refractivity (Wildman–Crippen MR) is 87.2 cm³/mol. The summed E-state index contributed by atoms with van der Waals surface area (Å²) in [6.07, 6.45) is 2.75. The summed E-state index contributed by atoms with van der Waals surface area (Å²) in [4.78, 5) is 17.0. The second-order valence-electron chi connectivity index (χ2n) is 4.76. The summed E-state index contributed by atoms with van der Waals surface area (Å²) in [5, 5.41) is 17.9. The summed E-state index contributed by atoms with van der Waals surface area (Å²) in [6.45, 7) is 0. The van der Waals surface area contributed by atoms with E-state index in [1.54, 1.807) is 60.8 Å². The Morgan fingerprint density at radius 2 is 1.79 bits per heavy atom. The highest BCUT2D eigenvalue weighted by molar-refractivity contribution is 5.66. The van der Waals surface area contributed by atoms with E-state index in [-0.39, 0.29) is 17.0 Å². The van der Waals surface area contributed by atoms with Gasteiger partial charge in [-0.3, -0.25) is 9.20 Å². The van der Waals surface area contributed by atoms with E-state index >= 15 is 0 Å². The van der Waals surface area contributed by atoms with Crippen LogP contribution in [0.3, 0.4) is 0 Å². The van der Waals surface area contributed by atoms with E-state index in [2.05, 4.69) is 4.98 Å². The van der Waals surface area contributed by atoms with Crippen molar-refractivity contribution in [2.45, 2.75) is 0 Å². The Labute approximate surface area is 137 Å². The van der Waals surface area contributed by atoms with Crippen LogP contribution in [-0.2, 0) is 0 Å². The second kappa shape index (κ2) is 6.47. The van der Waals surface area contributed by atoms with Gasteiger partial charge in [0.2, 0.25) is 5.88 Å². The van der Waals surface area contributed by atoms with Crippen LogP contribution in [0, 0.1) is 22.7 Å². The van der Waals surface area contributed by atoms with Crippen LogP contribution in [0.25, 0.3) is 11.7 Å². The molecule has 0 saturated heterocycles. The number of fused-ring (bicyclic) bond motifs is 1. The van der Waals surface area contributed by atoms with Gasteiger partial charge in [0.1, 0.15) is 34.7 Å². The summed E-state index contributed by atoms with van der Waals surface area (Å²) in [5.41, 5.74) is -0.182. The molecule has 114 valence electrons. The molecule has 2 heterocycles. The summed E-state index contributed by atoms with van der Waals surface area (Å²) in [7, 11) is 0. The van der Waals surface area contributed by atoms with Gasteiger partial charge in [0.25, 0.3) is 5.56 Å². The van der Waals surface area contributed by atoms with Crippen molar-refractivity contribution in [3.05, 3.63) is 76.2 Å². The van der Waals surface area contributed by atoms with Gasteiger partial charge in [-0.15, -0.1) is 0 Å². The Kier molecular flexibility index (Phi) is 4.05. The van der Waals surface area contributed by atoms with Crippen LogP contribution < -0.4 is 10.3 Å². The third-order valence-corrected chi connectivity index (χ3v) is 3.22. The summed E-state index contributed by atoms with van der Waals surface area (Å²) >= 11 is 0. The highest BCUT2D eigenvalue weighted by Crippen LogP contribution is 2.23. The lowest BCUT2D eigenvalue weighted by atomic mass is 10.2. The molecule has 1 aromatic carbocycles. The minimum absolute atomic E-state index is 0.0420. The molecule has 0 atom stereocenters. The molecule has 0 spiro atoms. The SMILES string of the molecule is N#CC(C#N)=Cc1c(Oc2ccccc2)nc2ccccn2c1=O. The zero-order chi connectivity index (χ0) is 16.9. The number of para-hydroxylation sites is 1. The Hall–Kier alpha value is -3.90. The van der Waals surface area contributed by atoms with E-state index in [0.29, 0.717) is 11.4 Å². The lowest BCUT2D eigenvalue weighted by Crippen LogP contribution is -2.18. The van der Waals surface area contributed by atoms with Gasteiger partial charge in [-0.1, -0.05) is 24.3 Å². The predicted octanol–water partition coefficient (Wildman–Crippen LogP) is 2.92. The van der Waals surface area contributed by atoms with Crippen LogP contribution in [0.2, 0.25) is 0 Å². The van der Waals surface area contributed by atoms with E-state index in [9.17, 15) is 4.79 Å². The summed E-state index contributed by atoms with van der Waals surface area (Å²) in [5.74, 6) is 0.537. The molecule has 6 heteroatoms. The molecule has 0 saturated carbocycles. The Morgan fingerprint density at radius 1 is 1.08 bits per heavy atom.